The predicted molar refractivity (Wildman–Crippen MR) is 76.0 cm³/mol. The first kappa shape index (κ1) is 14.0. The van der Waals surface area contributed by atoms with E-state index in [0.29, 0.717) is 6.54 Å². The molecule has 0 atom stereocenters. The summed E-state index contributed by atoms with van der Waals surface area (Å²) in [6, 6.07) is 4.63. The molecule has 2 rings (SSSR count). The van der Waals surface area contributed by atoms with Crippen LogP contribution in [-0.4, -0.2) is 34.0 Å². The summed E-state index contributed by atoms with van der Waals surface area (Å²) in [7, 11) is 1.64. The van der Waals surface area contributed by atoms with Crippen molar-refractivity contribution in [2.24, 2.45) is 0 Å². The molecule has 104 valence electrons. The quantitative estimate of drug-likeness (QED) is 0.906. The Balaban J connectivity index is 2.06. The number of aromatic carboxylic acids is 1. The average Bonchev–Trinajstić information content (AvgIpc) is 2.91. The van der Waals surface area contributed by atoms with E-state index in [0.717, 1.165) is 5.56 Å². The average molecular weight is 291 g/mol. The van der Waals surface area contributed by atoms with Crippen LogP contribution in [0.1, 0.15) is 16.1 Å². The predicted octanol–water partition coefficient (Wildman–Crippen LogP) is 2.51. The molecule has 0 aliphatic carbocycles. The molecule has 2 N–H and O–H groups in total. The standard InChI is InChI=1S/C13H13N3O3S/c1-16(7-9-4-6-20-8-9)13(19)15-10-3-2-5-14-11(10)12(17)18/h2-6,8H,7H2,1H3,(H,15,19)(H,17,18). The van der Waals surface area contributed by atoms with Gasteiger partial charge in [-0.3, -0.25) is 0 Å². The third kappa shape index (κ3) is 3.33. The Hall–Kier alpha value is -2.41. The van der Waals surface area contributed by atoms with E-state index in [1.165, 1.54) is 17.2 Å². The number of pyridine rings is 1. The Morgan fingerprint density at radius 2 is 2.25 bits per heavy atom. The van der Waals surface area contributed by atoms with Gasteiger partial charge in [0.1, 0.15) is 0 Å². The molecule has 0 aliphatic rings. The van der Waals surface area contributed by atoms with Crippen LogP contribution in [0.4, 0.5) is 10.5 Å². The van der Waals surface area contributed by atoms with Gasteiger partial charge in [-0.15, -0.1) is 0 Å². The molecule has 6 nitrogen and oxygen atoms in total. The Kier molecular flexibility index (Phi) is 4.31. The maximum absolute atomic E-state index is 12.0. The first-order chi connectivity index (χ1) is 9.58. The van der Waals surface area contributed by atoms with Crippen LogP contribution in [0.5, 0.6) is 0 Å². The number of hydrogen-bond acceptors (Lipinski definition) is 4. The zero-order valence-electron chi connectivity index (χ0n) is 10.7. The second-order valence-electron chi connectivity index (χ2n) is 4.12. The van der Waals surface area contributed by atoms with Crippen LogP contribution in [0.2, 0.25) is 0 Å². The Bertz CT molecular complexity index is 613. The molecule has 2 heterocycles. The maximum atomic E-state index is 12.0. The molecule has 2 aromatic heterocycles. The Labute approximate surface area is 119 Å². The molecule has 20 heavy (non-hydrogen) atoms. The molecule has 0 bridgehead atoms. The van der Waals surface area contributed by atoms with Gasteiger partial charge in [-0.2, -0.15) is 11.3 Å². The number of thiophene rings is 1. The molecule has 2 amide bonds. The lowest BCUT2D eigenvalue weighted by Crippen LogP contribution is -2.31. The van der Waals surface area contributed by atoms with Crippen molar-refractivity contribution in [3.05, 3.63) is 46.4 Å². The van der Waals surface area contributed by atoms with Gasteiger partial charge in [-0.25, -0.2) is 14.6 Å². The topological polar surface area (TPSA) is 82.5 Å². The number of aromatic nitrogens is 1. The highest BCUT2D eigenvalue weighted by molar-refractivity contribution is 7.07. The minimum atomic E-state index is -1.18. The van der Waals surface area contributed by atoms with Crippen LogP contribution < -0.4 is 5.32 Å². The second-order valence-corrected chi connectivity index (χ2v) is 4.90. The summed E-state index contributed by atoms with van der Waals surface area (Å²) in [4.78, 5) is 28.2. The van der Waals surface area contributed by atoms with Crippen molar-refractivity contribution in [2.75, 3.05) is 12.4 Å². The van der Waals surface area contributed by atoms with Gasteiger partial charge < -0.3 is 15.3 Å². The van der Waals surface area contributed by atoms with Gasteiger partial charge in [0.2, 0.25) is 0 Å². The molecule has 0 aliphatic heterocycles. The SMILES string of the molecule is CN(Cc1ccsc1)C(=O)Nc1cccnc1C(=O)O. The molecule has 0 unspecified atom stereocenters. The molecule has 7 heteroatoms. The van der Waals surface area contributed by atoms with Gasteiger partial charge in [0.15, 0.2) is 5.69 Å². The summed E-state index contributed by atoms with van der Waals surface area (Å²) >= 11 is 1.56. The normalized spacial score (nSPS) is 10.1. The van der Waals surface area contributed by atoms with Gasteiger partial charge in [-0.1, -0.05) is 0 Å². The number of rotatable bonds is 4. The second kappa shape index (κ2) is 6.16. The highest BCUT2D eigenvalue weighted by Gasteiger charge is 2.15. The van der Waals surface area contributed by atoms with Crippen LogP contribution in [0.3, 0.4) is 0 Å². The van der Waals surface area contributed by atoms with Crippen molar-refractivity contribution in [1.82, 2.24) is 9.88 Å². The first-order valence-electron chi connectivity index (χ1n) is 5.79. The third-order valence-electron chi connectivity index (χ3n) is 2.60. The number of anilines is 1. The minimum absolute atomic E-state index is 0.176. The fourth-order valence-electron chi connectivity index (χ4n) is 1.62. The highest BCUT2D eigenvalue weighted by Crippen LogP contribution is 2.14. The monoisotopic (exact) mass is 291 g/mol. The van der Waals surface area contributed by atoms with E-state index in [-0.39, 0.29) is 17.4 Å². The van der Waals surface area contributed by atoms with Gasteiger partial charge in [0.25, 0.3) is 0 Å². The molecule has 0 spiro atoms. The van der Waals surface area contributed by atoms with Crippen LogP contribution in [0.25, 0.3) is 0 Å². The van der Waals surface area contributed by atoms with E-state index in [4.69, 9.17) is 5.11 Å². The molecule has 0 saturated heterocycles. The van der Waals surface area contributed by atoms with E-state index in [2.05, 4.69) is 10.3 Å². The van der Waals surface area contributed by atoms with Gasteiger partial charge in [-0.05, 0) is 34.5 Å². The van der Waals surface area contributed by atoms with Gasteiger partial charge >= 0.3 is 12.0 Å². The molecule has 0 fully saturated rings. The lowest BCUT2D eigenvalue weighted by Gasteiger charge is -2.17. The van der Waals surface area contributed by atoms with Crippen molar-refractivity contribution in [3.8, 4) is 0 Å². The summed E-state index contributed by atoms with van der Waals surface area (Å²) in [6.45, 7) is 0.456. The van der Waals surface area contributed by atoms with E-state index in [1.54, 1.807) is 24.5 Å². The Morgan fingerprint density at radius 1 is 1.45 bits per heavy atom. The molecular formula is C13H13N3O3S. The summed E-state index contributed by atoms with van der Waals surface area (Å²) in [5, 5.41) is 15.4. The summed E-state index contributed by atoms with van der Waals surface area (Å²) in [6.07, 6.45) is 1.37. The van der Waals surface area contributed by atoms with Crippen molar-refractivity contribution in [3.63, 3.8) is 0 Å². The lowest BCUT2D eigenvalue weighted by atomic mass is 10.3. The number of carbonyl (C=O) groups is 2. The number of nitrogens with zero attached hydrogens (tertiary/aromatic N) is 2. The summed E-state index contributed by atoms with van der Waals surface area (Å²) in [5.74, 6) is -1.18. The number of carboxylic acid groups (broad SMARTS) is 1. The Morgan fingerprint density at radius 3 is 2.90 bits per heavy atom. The minimum Gasteiger partial charge on any atom is -0.476 e. The largest absolute Gasteiger partial charge is 0.476 e. The smallest absolute Gasteiger partial charge is 0.356 e. The third-order valence-corrected chi connectivity index (χ3v) is 3.33. The van der Waals surface area contributed by atoms with Crippen molar-refractivity contribution < 1.29 is 14.7 Å². The van der Waals surface area contributed by atoms with E-state index < -0.39 is 5.97 Å². The molecule has 0 aromatic carbocycles. The van der Waals surface area contributed by atoms with Crippen molar-refractivity contribution in [1.29, 1.82) is 0 Å². The first-order valence-corrected chi connectivity index (χ1v) is 6.73. The molecule has 0 radical (unpaired) electrons. The number of hydrogen-bond donors (Lipinski definition) is 2. The zero-order valence-corrected chi connectivity index (χ0v) is 11.6. The molecular weight excluding hydrogens is 278 g/mol. The van der Waals surface area contributed by atoms with Crippen LogP contribution in [0, 0.1) is 0 Å². The number of amides is 2. The fraction of sp³-hybridized carbons (Fsp3) is 0.154. The highest BCUT2D eigenvalue weighted by atomic mass is 32.1. The number of carbonyl (C=O) groups excluding carboxylic acids is 1. The van der Waals surface area contributed by atoms with Crippen LogP contribution >= 0.6 is 11.3 Å². The van der Waals surface area contributed by atoms with E-state index >= 15 is 0 Å². The van der Waals surface area contributed by atoms with Gasteiger partial charge in [0, 0.05) is 19.8 Å². The number of urea groups is 1. The number of nitrogens with one attached hydrogen (secondary N) is 1. The van der Waals surface area contributed by atoms with Gasteiger partial charge in [0.05, 0.1) is 5.69 Å². The summed E-state index contributed by atoms with van der Waals surface area (Å²) < 4.78 is 0. The zero-order chi connectivity index (χ0) is 14.5. The fourth-order valence-corrected chi connectivity index (χ4v) is 2.28. The molecule has 2 aromatic rings. The molecule has 0 saturated carbocycles. The van der Waals surface area contributed by atoms with Crippen LogP contribution in [0.15, 0.2) is 35.2 Å². The van der Waals surface area contributed by atoms with Crippen molar-refractivity contribution in [2.45, 2.75) is 6.54 Å². The van der Waals surface area contributed by atoms with E-state index in [9.17, 15) is 9.59 Å². The maximum Gasteiger partial charge on any atom is 0.356 e. The number of carboxylic acids is 1. The lowest BCUT2D eigenvalue weighted by molar-refractivity contribution is 0.0691. The van der Waals surface area contributed by atoms with Crippen LogP contribution in [-0.2, 0) is 6.54 Å². The summed E-state index contributed by atoms with van der Waals surface area (Å²) in [5.41, 5.74) is 1.03. The van der Waals surface area contributed by atoms with E-state index in [1.807, 2.05) is 16.8 Å². The van der Waals surface area contributed by atoms with Crippen molar-refractivity contribution >= 4 is 29.0 Å².